The Morgan fingerprint density at radius 2 is 1.71 bits per heavy atom. The molecule has 0 atom stereocenters. The van der Waals surface area contributed by atoms with Crippen LogP contribution in [0.1, 0.15) is 11.1 Å². The highest BCUT2D eigenvalue weighted by Crippen LogP contribution is 2.23. The molecule has 1 aliphatic rings. The molecule has 0 aliphatic carbocycles. The minimum atomic E-state index is -3.55. The average molecular weight is 341 g/mol. The molecular weight excluding hydrogens is 322 g/mol. The Morgan fingerprint density at radius 3 is 2.38 bits per heavy atom. The summed E-state index contributed by atoms with van der Waals surface area (Å²) >= 11 is 0. The number of benzene rings is 2. The van der Waals surface area contributed by atoms with Gasteiger partial charge in [-0.1, -0.05) is 24.3 Å². The minimum absolute atomic E-state index is 0.186. The molecular formula is C18H19N3O2S. The Hall–Kier alpha value is -2.36. The van der Waals surface area contributed by atoms with E-state index in [1.165, 1.54) is 15.9 Å². The van der Waals surface area contributed by atoms with E-state index < -0.39 is 10.0 Å². The molecule has 3 rings (SSSR count). The van der Waals surface area contributed by atoms with E-state index >= 15 is 0 Å². The molecule has 124 valence electrons. The summed E-state index contributed by atoms with van der Waals surface area (Å²) in [6.07, 6.45) is 0. The summed E-state index contributed by atoms with van der Waals surface area (Å²) in [5, 5.41) is 8.96. The fourth-order valence-corrected chi connectivity index (χ4v) is 4.43. The van der Waals surface area contributed by atoms with Gasteiger partial charge in [-0.25, -0.2) is 8.42 Å². The Labute approximate surface area is 142 Å². The molecule has 0 amide bonds. The summed E-state index contributed by atoms with van der Waals surface area (Å²) in [5.41, 5.74) is 2.70. The molecule has 1 fully saturated rings. The molecule has 0 bridgehead atoms. The maximum absolute atomic E-state index is 12.8. The van der Waals surface area contributed by atoms with E-state index in [2.05, 4.69) is 24.0 Å². The van der Waals surface area contributed by atoms with Gasteiger partial charge in [-0.05, 0) is 36.8 Å². The molecule has 5 nitrogen and oxygen atoms in total. The Morgan fingerprint density at radius 1 is 1.00 bits per heavy atom. The third-order valence-electron chi connectivity index (χ3n) is 4.30. The largest absolute Gasteiger partial charge is 0.369 e. The fourth-order valence-electron chi connectivity index (χ4n) is 2.96. The van der Waals surface area contributed by atoms with Crippen LogP contribution in [0.25, 0.3) is 0 Å². The van der Waals surface area contributed by atoms with Crippen molar-refractivity contribution in [2.75, 3.05) is 31.1 Å². The van der Waals surface area contributed by atoms with Crippen LogP contribution in [0, 0.1) is 18.3 Å². The molecule has 0 aromatic heterocycles. The van der Waals surface area contributed by atoms with Crippen molar-refractivity contribution in [3.8, 4) is 6.07 Å². The molecule has 2 aromatic rings. The van der Waals surface area contributed by atoms with Gasteiger partial charge in [-0.2, -0.15) is 9.57 Å². The minimum Gasteiger partial charge on any atom is -0.369 e. The lowest BCUT2D eigenvalue weighted by molar-refractivity contribution is 0.384. The van der Waals surface area contributed by atoms with Gasteiger partial charge in [0, 0.05) is 31.9 Å². The van der Waals surface area contributed by atoms with Gasteiger partial charge in [0.1, 0.15) is 0 Å². The van der Waals surface area contributed by atoms with Crippen LogP contribution in [0.15, 0.2) is 53.4 Å². The van der Waals surface area contributed by atoms with E-state index in [0.29, 0.717) is 31.7 Å². The highest BCUT2D eigenvalue weighted by Gasteiger charge is 2.29. The number of aryl methyl sites for hydroxylation is 1. The first-order valence-corrected chi connectivity index (χ1v) is 9.27. The second kappa shape index (κ2) is 6.63. The van der Waals surface area contributed by atoms with E-state index in [9.17, 15) is 8.42 Å². The quantitative estimate of drug-likeness (QED) is 0.860. The highest BCUT2D eigenvalue weighted by atomic mass is 32.2. The topological polar surface area (TPSA) is 64.4 Å². The molecule has 0 spiro atoms. The summed E-state index contributed by atoms with van der Waals surface area (Å²) in [7, 11) is -3.55. The Kier molecular flexibility index (Phi) is 4.56. The number of piperazine rings is 1. The third-order valence-corrected chi connectivity index (χ3v) is 6.19. The van der Waals surface area contributed by atoms with Crippen molar-refractivity contribution in [2.45, 2.75) is 11.8 Å². The molecule has 0 unspecified atom stereocenters. The summed E-state index contributed by atoms with van der Waals surface area (Å²) in [6.45, 7) is 4.25. The van der Waals surface area contributed by atoms with Crippen molar-refractivity contribution in [3.05, 3.63) is 59.7 Å². The molecule has 0 N–H and O–H groups in total. The first kappa shape index (κ1) is 16.5. The molecule has 2 aromatic carbocycles. The van der Waals surface area contributed by atoms with Gasteiger partial charge in [-0.15, -0.1) is 0 Å². The summed E-state index contributed by atoms with van der Waals surface area (Å²) < 4.78 is 27.0. The maximum Gasteiger partial charge on any atom is 0.243 e. The van der Waals surface area contributed by atoms with E-state index in [4.69, 9.17) is 5.26 Å². The lowest BCUT2D eigenvalue weighted by Crippen LogP contribution is -2.48. The third kappa shape index (κ3) is 3.14. The number of sulfonamides is 1. The number of hydrogen-bond donors (Lipinski definition) is 0. The number of nitrogens with zero attached hydrogens (tertiary/aromatic N) is 3. The van der Waals surface area contributed by atoms with Gasteiger partial charge in [0.15, 0.2) is 0 Å². The van der Waals surface area contributed by atoms with Crippen LogP contribution in [-0.2, 0) is 10.0 Å². The number of anilines is 1. The van der Waals surface area contributed by atoms with Crippen LogP contribution in [0.3, 0.4) is 0 Å². The van der Waals surface area contributed by atoms with Gasteiger partial charge >= 0.3 is 0 Å². The lowest BCUT2D eigenvalue weighted by atomic mass is 10.1. The van der Waals surface area contributed by atoms with Crippen molar-refractivity contribution < 1.29 is 8.42 Å². The van der Waals surface area contributed by atoms with Crippen LogP contribution in [0.5, 0.6) is 0 Å². The molecule has 0 saturated carbocycles. The van der Waals surface area contributed by atoms with Gasteiger partial charge in [0.2, 0.25) is 10.0 Å². The fraction of sp³-hybridized carbons (Fsp3) is 0.278. The average Bonchev–Trinajstić information content (AvgIpc) is 2.62. The van der Waals surface area contributed by atoms with E-state index in [1.54, 1.807) is 18.2 Å². The van der Waals surface area contributed by atoms with Crippen LogP contribution < -0.4 is 4.90 Å². The summed E-state index contributed by atoms with van der Waals surface area (Å²) in [5.74, 6) is 0. The first-order chi connectivity index (χ1) is 11.5. The predicted molar refractivity (Wildman–Crippen MR) is 93.3 cm³/mol. The van der Waals surface area contributed by atoms with Gasteiger partial charge in [-0.3, -0.25) is 0 Å². The first-order valence-electron chi connectivity index (χ1n) is 7.83. The predicted octanol–water partition coefficient (Wildman–Crippen LogP) is 2.38. The molecule has 0 radical (unpaired) electrons. The van der Waals surface area contributed by atoms with Crippen LogP contribution >= 0.6 is 0 Å². The van der Waals surface area contributed by atoms with Crippen molar-refractivity contribution in [1.29, 1.82) is 5.26 Å². The van der Waals surface area contributed by atoms with Crippen molar-refractivity contribution in [3.63, 3.8) is 0 Å². The van der Waals surface area contributed by atoms with Crippen molar-refractivity contribution in [2.24, 2.45) is 0 Å². The van der Waals surface area contributed by atoms with Gasteiger partial charge in [0.25, 0.3) is 0 Å². The zero-order valence-electron chi connectivity index (χ0n) is 13.5. The van der Waals surface area contributed by atoms with Crippen LogP contribution in [0.2, 0.25) is 0 Å². The summed E-state index contributed by atoms with van der Waals surface area (Å²) in [4.78, 5) is 2.40. The van der Waals surface area contributed by atoms with Crippen LogP contribution in [-0.4, -0.2) is 38.9 Å². The van der Waals surface area contributed by atoms with Gasteiger partial charge in [0.05, 0.1) is 16.5 Å². The molecule has 1 heterocycles. The molecule has 1 saturated heterocycles. The standard InChI is InChI=1S/C18H19N3O2S/c1-15-5-2-3-8-18(15)20-9-11-21(12-10-20)24(22,23)17-7-4-6-16(13-17)14-19/h2-8,13H,9-12H2,1H3. The van der Waals surface area contributed by atoms with E-state index in [1.807, 2.05) is 18.2 Å². The zero-order valence-corrected chi connectivity index (χ0v) is 14.3. The zero-order chi connectivity index (χ0) is 17.2. The Balaban J connectivity index is 1.76. The normalized spacial score (nSPS) is 15.9. The smallest absolute Gasteiger partial charge is 0.243 e. The molecule has 6 heteroatoms. The van der Waals surface area contributed by atoms with Gasteiger partial charge < -0.3 is 4.90 Å². The highest BCUT2D eigenvalue weighted by molar-refractivity contribution is 7.89. The van der Waals surface area contributed by atoms with Crippen molar-refractivity contribution in [1.82, 2.24) is 4.31 Å². The number of nitriles is 1. The SMILES string of the molecule is Cc1ccccc1N1CCN(S(=O)(=O)c2cccc(C#N)c2)CC1. The number of hydrogen-bond acceptors (Lipinski definition) is 4. The molecule has 24 heavy (non-hydrogen) atoms. The number of para-hydroxylation sites is 1. The second-order valence-electron chi connectivity index (χ2n) is 5.82. The summed E-state index contributed by atoms with van der Waals surface area (Å²) in [6, 6.07) is 16.3. The number of rotatable bonds is 3. The van der Waals surface area contributed by atoms with Crippen LogP contribution in [0.4, 0.5) is 5.69 Å². The monoisotopic (exact) mass is 341 g/mol. The lowest BCUT2D eigenvalue weighted by Gasteiger charge is -2.36. The second-order valence-corrected chi connectivity index (χ2v) is 7.76. The van der Waals surface area contributed by atoms with Crippen molar-refractivity contribution >= 4 is 15.7 Å². The Bertz CT molecular complexity index is 879. The maximum atomic E-state index is 12.8. The van der Waals surface area contributed by atoms with E-state index in [0.717, 1.165) is 5.69 Å². The molecule has 1 aliphatic heterocycles. The van der Waals surface area contributed by atoms with E-state index in [-0.39, 0.29) is 4.90 Å².